The summed E-state index contributed by atoms with van der Waals surface area (Å²) < 4.78 is 5.52. The van der Waals surface area contributed by atoms with Crippen molar-refractivity contribution < 1.29 is 9.53 Å². The number of ether oxygens (including phenoxy) is 1. The topological polar surface area (TPSA) is 29.5 Å². The van der Waals surface area contributed by atoms with Crippen molar-refractivity contribution in [3.8, 4) is 0 Å². The van der Waals surface area contributed by atoms with E-state index in [1.165, 1.54) is 4.88 Å². The van der Waals surface area contributed by atoms with Crippen LogP contribution >= 0.6 is 23.1 Å². The molecule has 1 aromatic heterocycles. The molecule has 3 rings (SSSR count). The van der Waals surface area contributed by atoms with E-state index in [1.807, 2.05) is 30.8 Å². The Morgan fingerprint density at radius 1 is 1.50 bits per heavy atom. The lowest BCUT2D eigenvalue weighted by Crippen LogP contribution is -2.54. The van der Waals surface area contributed by atoms with Crippen LogP contribution in [0, 0.1) is 6.92 Å². The Morgan fingerprint density at radius 3 is 3.17 bits per heavy atom. The van der Waals surface area contributed by atoms with Crippen molar-refractivity contribution in [3.63, 3.8) is 0 Å². The fraction of sp³-hybridized carbons (Fsp3) is 0.615. The molecule has 0 saturated carbocycles. The highest BCUT2D eigenvalue weighted by Gasteiger charge is 2.37. The number of hydrogen-bond acceptors (Lipinski definition) is 4. The maximum Gasteiger partial charge on any atom is 0.264 e. The van der Waals surface area contributed by atoms with Crippen LogP contribution in [-0.4, -0.2) is 47.6 Å². The van der Waals surface area contributed by atoms with Crippen LogP contribution in [0.3, 0.4) is 0 Å². The third-order valence-corrected chi connectivity index (χ3v) is 5.83. The summed E-state index contributed by atoms with van der Waals surface area (Å²) in [5.41, 5.74) is 0. The number of rotatable bonds is 1. The summed E-state index contributed by atoms with van der Waals surface area (Å²) in [6, 6.07) is 4.35. The zero-order valence-corrected chi connectivity index (χ0v) is 12.1. The van der Waals surface area contributed by atoms with E-state index >= 15 is 0 Å². The molecule has 2 aliphatic rings. The first-order valence-electron chi connectivity index (χ1n) is 6.32. The van der Waals surface area contributed by atoms with Gasteiger partial charge in [-0.3, -0.25) is 4.79 Å². The monoisotopic (exact) mass is 283 g/mol. The molecule has 0 radical (unpaired) electrons. The number of hydrogen-bond donors (Lipinski definition) is 0. The minimum absolute atomic E-state index is 0.213. The average Bonchev–Trinajstić information content (AvgIpc) is 2.84. The molecule has 2 unspecified atom stereocenters. The van der Waals surface area contributed by atoms with Crippen LogP contribution in [0.25, 0.3) is 0 Å². The van der Waals surface area contributed by atoms with Gasteiger partial charge in [0, 0.05) is 35.1 Å². The van der Waals surface area contributed by atoms with E-state index in [9.17, 15) is 4.79 Å². The van der Waals surface area contributed by atoms with Gasteiger partial charge in [0.05, 0.1) is 11.5 Å². The van der Waals surface area contributed by atoms with E-state index < -0.39 is 0 Å². The van der Waals surface area contributed by atoms with Gasteiger partial charge in [0.2, 0.25) is 0 Å². The second kappa shape index (κ2) is 5.23. The van der Waals surface area contributed by atoms with Crippen molar-refractivity contribution in [2.45, 2.75) is 24.6 Å². The molecule has 3 nitrogen and oxygen atoms in total. The Bertz CT molecular complexity index is 444. The maximum atomic E-state index is 12.6. The molecule has 2 fully saturated rings. The maximum absolute atomic E-state index is 12.6. The van der Waals surface area contributed by atoms with Gasteiger partial charge in [-0.1, -0.05) is 0 Å². The van der Waals surface area contributed by atoms with Gasteiger partial charge in [-0.15, -0.1) is 11.3 Å². The van der Waals surface area contributed by atoms with Crippen molar-refractivity contribution >= 4 is 29.0 Å². The Balaban J connectivity index is 1.79. The molecule has 98 valence electrons. The van der Waals surface area contributed by atoms with E-state index in [1.54, 1.807) is 11.3 Å². The number of amides is 1. The minimum Gasteiger partial charge on any atom is -0.380 e. The lowest BCUT2D eigenvalue weighted by molar-refractivity contribution is 0.0322. The summed E-state index contributed by atoms with van der Waals surface area (Å²) in [6.45, 7) is 4.50. The van der Waals surface area contributed by atoms with Crippen LogP contribution < -0.4 is 0 Å². The van der Waals surface area contributed by atoms with Crippen LogP contribution in [0.2, 0.25) is 0 Å². The predicted molar refractivity (Wildman–Crippen MR) is 75.6 cm³/mol. The number of carbonyl (C=O) groups is 1. The zero-order chi connectivity index (χ0) is 12.5. The molecular weight excluding hydrogens is 266 g/mol. The summed E-state index contributed by atoms with van der Waals surface area (Å²) in [4.78, 5) is 16.7. The van der Waals surface area contributed by atoms with Crippen molar-refractivity contribution in [3.05, 3.63) is 21.9 Å². The van der Waals surface area contributed by atoms with Gasteiger partial charge in [-0.2, -0.15) is 11.8 Å². The summed E-state index contributed by atoms with van der Waals surface area (Å²) >= 11 is 3.55. The number of carbonyl (C=O) groups excluding carboxylic acids is 1. The van der Waals surface area contributed by atoms with Crippen molar-refractivity contribution in [2.24, 2.45) is 0 Å². The smallest absolute Gasteiger partial charge is 0.264 e. The average molecular weight is 283 g/mol. The highest BCUT2D eigenvalue weighted by atomic mass is 32.2. The van der Waals surface area contributed by atoms with Crippen molar-refractivity contribution in [1.29, 1.82) is 0 Å². The number of nitrogens with zero attached hydrogens (tertiary/aromatic N) is 1. The van der Waals surface area contributed by atoms with Gasteiger partial charge in [0.15, 0.2) is 0 Å². The van der Waals surface area contributed by atoms with Gasteiger partial charge in [0.25, 0.3) is 5.91 Å². The van der Waals surface area contributed by atoms with Crippen LogP contribution in [0.4, 0.5) is 0 Å². The van der Waals surface area contributed by atoms with Crippen LogP contribution in [0.5, 0.6) is 0 Å². The van der Waals surface area contributed by atoms with Gasteiger partial charge < -0.3 is 9.64 Å². The fourth-order valence-corrected chi connectivity index (χ4v) is 4.75. The molecule has 2 atom stereocenters. The van der Waals surface area contributed by atoms with E-state index in [0.717, 1.165) is 36.8 Å². The first-order chi connectivity index (χ1) is 8.75. The van der Waals surface area contributed by atoms with Gasteiger partial charge >= 0.3 is 0 Å². The lowest BCUT2D eigenvalue weighted by atomic mass is 10.1. The van der Waals surface area contributed by atoms with Gasteiger partial charge in [-0.05, 0) is 25.5 Å². The molecule has 0 N–H and O–H groups in total. The molecule has 2 aliphatic heterocycles. The lowest BCUT2D eigenvalue weighted by Gasteiger charge is -2.43. The quantitative estimate of drug-likeness (QED) is 0.792. The van der Waals surface area contributed by atoms with Crippen molar-refractivity contribution in [2.75, 3.05) is 25.5 Å². The molecule has 1 aromatic rings. The Morgan fingerprint density at radius 2 is 2.39 bits per heavy atom. The fourth-order valence-electron chi connectivity index (χ4n) is 2.63. The zero-order valence-electron chi connectivity index (χ0n) is 10.4. The summed E-state index contributed by atoms with van der Waals surface area (Å²) in [7, 11) is 0. The molecule has 2 saturated heterocycles. The molecule has 0 bridgehead atoms. The molecule has 0 aromatic carbocycles. The van der Waals surface area contributed by atoms with Gasteiger partial charge in [0.1, 0.15) is 0 Å². The predicted octanol–water partition coefficient (Wildman–Crippen LogP) is 2.40. The molecule has 0 spiro atoms. The Labute approximate surface area is 116 Å². The third-order valence-electron chi connectivity index (χ3n) is 3.55. The van der Waals surface area contributed by atoms with Gasteiger partial charge in [-0.25, -0.2) is 0 Å². The molecule has 18 heavy (non-hydrogen) atoms. The largest absolute Gasteiger partial charge is 0.380 e. The third kappa shape index (κ3) is 2.31. The minimum atomic E-state index is 0.213. The normalized spacial score (nSPS) is 27.9. The molecule has 5 heteroatoms. The number of fused-ring (bicyclic) bond motifs is 1. The molecule has 0 aliphatic carbocycles. The van der Waals surface area contributed by atoms with Crippen molar-refractivity contribution in [1.82, 2.24) is 4.90 Å². The highest BCUT2D eigenvalue weighted by Crippen LogP contribution is 2.32. The molecule has 3 heterocycles. The second-order valence-electron chi connectivity index (χ2n) is 4.75. The Kier molecular flexibility index (Phi) is 3.63. The SMILES string of the molecule is Cc1ccc(C(=O)N2CCSC3COCCC32)s1. The first kappa shape index (κ1) is 12.5. The van der Waals surface area contributed by atoms with Crippen LogP contribution in [-0.2, 0) is 4.74 Å². The second-order valence-corrected chi connectivity index (χ2v) is 7.38. The number of aryl methyl sites for hydroxylation is 1. The van der Waals surface area contributed by atoms with E-state index in [4.69, 9.17) is 4.74 Å². The number of thiophene rings is 1. The summed E-state index contributed by atoms with van der Waals surface area (Å²) in [5, 5.41) is 0.470. The standard InChI is InChI=1S/C13H17NO2S2/c1-9-2-3-11(18-9)13(15)14-5-7-17-12-8-16-6-4-10(12)14/h2-3,10,12H,4-8H2,1H3. The first-order valence-corrected chi connectivity index (χ1v) is 8.19. The van der Waals surface area contributed by atoms with E-state index in [2.05, 4.69) is 4.90 Å². The van der Waals surface area contributed by atoms with Crippen LogP contribution in [0.15, 0.2) is 12.1 Å². The summed E-state index contributed by atoms with van der Waals surface area (Å²) in [5.74, 6) is 1.24. The van der Waals surface area contributed by atoms with E-state index in [0.29, 0.717) is 11.3 Å². The van der Waals surface area contributed by atoms with Crippen LogP contribution in [0.1, 0.15) is 21.0 Å². The molecule has 1 amide bonds. The Hall–Kier alpha value is -0.520. The van der Waals surface area contributed by atoms with E-state index in [-0.39, 0.29) is 5.91 Å². The highest BCUT2D eigenvalue weighted by molar-refractivity contribution is 8.00. The molecular formula is C13H17NO2S2. The summed E-state index contributed by atoms with van der Waals surface area (Å²) in [6.07, 6.45) is 0.980. The number of thioether (sulfide) groups is 1.